The van der Waals surface area contributed by atoms with Crippen molar-refractivity contribution in [3.63, 3.8) is 0 Å². The Kier molecular flexibility index (Phi) is 6.50. The van der Waals surface area contributed by atoms with Gasteiger partial charge in [-0.05, 0) is 48.4 Å². The first-order chi connectivity index (χ1) is 15.9. The van der Waals surface area contributed by atoms with Crippen LogP contribution in [0.3, 0.4) is 0 Å². The third-order valence-corrected chi connectivity index (χ3v) is 10.5. The lowest BCUT2D eigenvalue weighted by atomic mass is 10.4. The minimum Gasteiger partial charge on any atom is -0.264 e. The molecule has 0 saturated heterocycles. The SMILES string of the molecule is c1ccc(P(c2ccccc2)c2ccncc2P(c2ccccc2)c2ccccc2)cc1. The first kappa shape index (κ1) is 20.8. The molecule has 0 amide bonds. The highest BCUT2D eigenvalue weighted by molar-refractivity contribution is 7.85. The Balaban J connectivity index is 1.74. The summed E-state index contributed by atoms with van der Waals surface area (Å²) in [5.41, 5.74) is 0. The average Bonchev–Trinajstić information content (AvgIpc) is 2.88. The largest absolute Gasteiger partial charge is 0.264 e. The Hall–Kier alpha value is -3.11. The fraction of sp³-hybridized carbons (Fsp3) is 0. The maximum absolute atomic E-state index is 4.61. The maximum atomic E-state index is 4.61. The molecule has 0 unspecified atom stereocenters. The second-order valence-corrected chi connectivity index (χ2v) is 11.7. The van der Waals surface area contributed by atoms with E-state index in [1.54, 1.807) is 0 Å². The van der Waals surface area contributed by atoms with Crippen LogP contribution in [0.5, 0.6) is 0 Å². The maximum Gasteiger partial charge on any atom is 0.0358 e. The first-order valence-electron chi connectivity index (χ1n) is 10.7. The van der Waals surface area contributed by atoms with Crippen molar-refractivity contribution in [2.45, 2.75) is 0 Å². The van der Waals surface area contributed by atoms with Crippen molar-refractivity contribution in [3.8, 4) is 0 Å². The molecule has 1 heterocycles. The lowest BCUT2D eigenvalue weighted by molar-refractivity contribution is 1.36. The molecule has 1 nitrogen and oxygen atoms in total. The summed E-state index contributed by atoms with van der Waals surface area (Å²) >= 11 is 0. The lowest BCUT2D eigenvalue weighted by Gasteiger charge is -2.27. The van der Waals surface area contributed by atoms with Crippen LogP contribution < -0.4 is 31.8 Å². The van der Waals surface area contributed by atoms with Gasteiger partial charge < -0.3 is 0 Å². The van der Waals surface area contributed by atoms with Gasteiger partial charge in [-0.15, -0.1) is 0 Å². The second kappa shape index (κ2) is 10.0. The molecular formula is C29H23NP2. The van der Waals surface area contributed by atoms with Gasteiger partial charge in [-0.25, -0.2) is 0 Å². The lowest BCUT2D eigenvalue weighted by Crippen LogP contribution is -2.34. The standard InChI is InChI=1S/C29H23NP2/c1-5-13-24(14-6-1)31(25-15-7-2-8-16-25)28-21-22-30-23-29(28)32(26-17-9-3-10-18-26)27-19-11-4-12-20-27/h1-23H. The predicted octanol–water partition coefficient (Wildman–Crippen LogP) is 4.60. The Bertz CT molecular complexity index is 1080. The Morgan fingerprint density at radius 2 is 0.719 bits per heavy atom. The number of hydrogen-bond acceptors (Lipinski definition) is 1. The predicted molar refractivity (Wildman–Crippen MR) is 142 cm³/mol. The fourth-order valence-corrected chi connectivity index (χ4v) is 9.08. The molecule has 0 aliphatic carbocycles. The van der Waals surface area contributed by atoms with Gasteiger partial charge in [0.25, 0.3) is 0 Å². The van der Waals surface area contributed by atoms with Crippen LogP contribution in [0, 0.1) is 0 Å². The monoisotopic (exact) mass is 447 g/mol. The zero-order valence-corrected chi connectivity index (χ0v) is 19.4. The van der Waals surface area contributed by atoms with Crippen LogP contribution in [0.15, 0.2) is 140 Å². The molecule has 1 aromatic heterocycles. The molecule has 5 aromatic rings. The van der Waals surface area contributed by atoms with Crippen LogP contribution in [0.1, 0.15) is 0 Å². The van der Waals surface area contributed by atoms with Crippen molar-refractivity contribution in [2.24, 2.45) is 0 Å². The van der Waals surface area contributed by atoms with Crippen LogP contribution in [0.4, 0.5) is 0 Å². The Labute approximate surface area is 192 Å². The van der Waals surface area contributed by atoms with Crippen LogP contribution in [0.2, 0.25) is 0 Å². The van der Waals surface area contributed by atoms with E-state index in [4.69, 9.17) is 0 Å². The Morgan fingerprint density at radius 3 is 1.09 bits per heavy atom. The molecule has 0 spiro atoms. The van der Waals surface area contributed by atoms with Crippen LogP contribution >= 0.6 is 15.8 Å². The average molecular weight is 447 g/mol. The normalized spacial score (nSPS) is 11.1. The van der Waals surface area contributed by atoms with E-state index in [0.717, 1.165) is 0 Å². The van der Waals surface area contributed by atoms with Crippen molar-refractivity contribution in [1.82, 2.24) is 4.98 Å². The zero-order valence-electron chi connectivity index (χ0n) is 17.6. The minimum absolute atomic E-state index is 0.704. The summed E-state index contributed by atoms with van der Waals surface area (Å²) in [6.07, 6.45) is 4.05. The van der Waals surface area contributed by atoms with E-state index < -0.39 is 15.8 Å². The molecule has 5 rings (SSSR count). The molecule has 0 atom stereocenters. The van der Waals surface area contributed by atoms with Crippen molar-refractivity contribution in [3.05, 3.63) is 140 Å². The van der Waals surface area contributed by atoms with E-state index in [1.165, 1.54) is 31.8 Å². The van der Waals surface area contributed by atoms with E-state index in [1.807, 2.05) is 6.20 Å². The van der Waals surface area contributed by atoms with Gasteiger partial charge in [0, 0.05) is 17.7 Å². The van der Waals surface area contributed by atoms with Gasteiger partial charge >= 0.3 is 0 Å². The summed E-state index contributed by atoms with van der Waals surface area (Å²) in [5, 5.41) is 8.12. The summed E-state index contributed by atoms with van der Waals surface area (Å²) in [5.74, 6) is 0. The van der Waals surface area contributed by atoms with Gasteiger partial charge in [-0.2, -0.15) is 0 Å². The molecule has 0 saturated carbocycles. The van der Waals surface area contributed by atoms with Crippen LogP contribution in [0.25, 0.3) is 0 Å². The number of nitrogens with zero attached hydrogens (tertiary/aromatic N) is 1. The number of benzene rings is 4. The molecule has 4 aromatic carbocycles. The molecule has 32 heavy (non-hydrogen) atoms. The zero-order chi connectivity index (χ0) is 21.6. The molecule has 0 aliphatic heterocycles. The van der Waals surface area contributed by atoms with Crippen molar-refractivity contribution < 1.29 is 0 Å². The summed E-state index contributed by atoms with van der Waals surface area (Å²) in [6, 6.07) is 45.8. The van der Waals surface area contributed by atoms with Gasteiger partial charge in [0.2, 0.25) is 0 Å². The smallest absolute Gasteiger partial charge is 0.0358 e. The van der Waals surface area contributed by atoms with Crippen molar-refractivity contribution >= 4 is 47.7 Å². The molecule has 0 bridgehead atoms. The van der Waals surface area contributed by atoms with Crippen LogP contribution in [-0.4, -0.2) is 4.98 Å². The Morgan fingerprint density at radius 1 is 0.375 bits per heavy atom. The van der Waals surface area contributed by atoms with Gasteiger partial charge in [0.15, 0.2) is 0 Å². The third kappa shape index (κ3) is 4.42. The quantitative estimate of drug-likeness (QED) is 0.347. The molecular weight excluding hydrogens is 424 g/mol. The van der Waals surface area contributed by atoms with Gasteiger partial charge in [-0.1, -0.05) is 121 Å². The molecule has 0 radical (unpaired) electrons. The highest BCUT2D eigenvalue weighted by atomic mass is 31.1. The molecule has 3 heteroatoms. The summed E-state index contributed by atoms with van der Waals surface area (Å²) in [6.45, 7) is 0. The van der Waals surface area contributed by atoms with E-state index >= 15 is 0 Å². The van der Waals surface area contributed by atoms with E-state index in [2.05, 4.69) is 139 Å². The highest BCUT2D eigenvalue weighted by Gasteiger charge is 2.25. The van der Waals surface area contributed by atoms with E-state index in [-0.39, 0.29) is 0 Å². The minimum atomic E-state index is -0.726. The number of aromatic nitrogens is 1. The van der Waals surface area contributed by atoms with Gasteiger partial charge in [-0.3, -0.25) is 4.98 Å². The summed E-state index contributed by atoms with van der Waals surface area (Å²) < 4.78 is 0. The van der Waals surface area contributed by atoms with Gasteiger partial charge in [0.05, 0.1) is 0 Å². The third-order valence-electron chi connectivity index (χ3n) is 5.32. The second-order valence-electron chi connectivity index (χ2n) is 7.38. The highest BCUT2D eigenvalue weighted by Crippen LogP contribution is 2.38. The molecule has 0 N–H and O–H groups in total. The number of hydrogen-bond donors (Lipinski definition) is 0. The van der Waals surface area contributed by atoms with Crippen molar-refractivity contribution in [1.29, 1.82) is 0 Å². The van der Waals surface area contributed by atoms with E-state index in [9.17, 15) is 0 Å². The summed E-state index contributed by atoms with van der Waals surface area (Å²) in [4.78, 5) is 4.61. The summed E-state index contributed by atoms with van der Waals surface area (Å²) in [7, 11) is -1.43. The van der Waals surface area contributed by atoms with Crippen LogP contribution in [-0.2, 0) is 0 Å². The van der Waals surface area contributed by atoms with Crippen molar-refractivity contribution in [2.75, 3.05) is 0 Å². The van der Waals surface area contributed by atoms with Gasteiger partial charge in [0.1, 0.15) is 0 Å². The molecule has 154 valence electrons. The topological polar surface area (TPSA) is 12.9 Å². The first-order valence-corrected chi connectivity index (χ1v) is 13.3. The van der Waals surface area contributed by atoms with E-state index in [0.29, 0.717) is 0 Å². The molecule has 0 fully saturated rings. The fourth-order valence-electron chi connectivity index (χ4n) is 3.90. The molecule has 0 aliphatic rings. The number of rotatable bonds is 6. The number of pyridine rings is 1.